The van der Waals surface area contributed by atoms with Crippen LogP contribution in [0.25, 0.3) is 5.69 Å². The van der Waals surface area contributed by atoms with E-state index in [0.29, 0.717) is 10.7 Å². The topological polar surface area (TPSA) is 106 Å². The van der Waals surface area contributed by atoms with E-state index in [2.05, 4.69) is 17.2 Å². The van der Waals surface area contributed by atoms with Gasteiger partial charge in [-0.15, -0.1) is 0 Å². The van der Waals surface area contributed by atoms with Crippen molar-refractivity contribution in [2.24, 2.45) is 11.3 Å². The number of halogens is 2. The minimum Gasteiger partial charge on any atom is -0.461 e. The first kappa shape index (κ1) is 24.9. The molecule has 2 amide bonds. The van der Waals surface area contributed by atoms with Gasteiger partial charge < -0.3 is 15.4 Å². The molecule has 1 saturated carbocycles. The first-order valence-electron chi connectivity index (χ1n) is 10.9. The third-order valence-corrected chi connectivity index (χ3v) is 6.04. The summed E-state index contributed by atoms with van der Waals surface area (Å²) in [6, 6.07) is 14.6. The molecule has 0 spiro atoms. The van der Waals surface area contributed by atoms with Crippen LogP contribution >= 0.6 is 11.6 Å². The molecule has 1 fully saturated rings. The Bertz CT molecular complexity index is 1410. The number of esters is 1. The second kappa shape index (κ2) is 10.2. The van der Waals surface area contributed by atoms with Crippen LogP contribution in [0.1, 0.15) is 6.42 Å². The van der Waals surface area contributed by atoms with E-state index in [1.165, 1.54) is 35.0 Å². The molecule has 0 bridgehead atoms. The Balaban J connectivity index is 1.53. The lowest BCUT2D eigenvalue weighted by Crippen LogP contribution is -2.37. The quantitative estimate of drug-likeness (QED) is 0.272. The Kier molecular flexibility index (Phi) is 7.03. The number of aromatic nitrogens is 1. The fourth-order valence-corrected chi connectivity index (χ4v) is 3.93. The van der Waals surface area contributed by atoms with Gasteiger partial charge in [-0.05, 0) is 48.9 Å². The Morgan fingerprint density at radius 1 is 1.14 bits per heavy atom. The average Bonchev–Trinajstić information content (AvgIpc) is 3.63. The molecule has 2 aromatic carbocycles. The molecule has 2 atom stereocenters. The van der Waals surface area contributed by atoms with Gasteiger partial charge in [0, 0.05) is 29.0 Å². The summed E-state index contributed by atoms with van der Waals surface area (Å²) in [7, 11) is 0. The number of rotatable bonds is 8. The number of anilines is 2. The van der Waals surface area contributed by atoms with Gasteiger partial charge in [-0.2, -0.15) is 0 Å². The number of carbonyl (C=O) groups excluding carboxylic acids is 3. The largest absolute Gasteiger partial charge is 0.461 e. The predicted octanol–water partition coefficient (Wildman–Crippen LogP) is 3.94. The van der Waals surface area contributed by atoms with Crippen molar-refractivity contribution < 1.29 is 23.5 Å². The Morgan fingerprint density at radius 3 is 2.56 bits per heavy atom. The van der Waals surface area contributed by atoms with Gasteiger partial charge >= 0.3 is 5.97 Å². The number of nitrogens with one attached hydrogen (secondary N) is 2. The molecule has 4 rings (SSSR count). The molecule has 184 valence electrons. The number of hydrogen-bond acceptors (Lipinski definition) is 5. The van der Waals surface area contributed by atoms with Gasteiger partial charge in [0.25, 0.3) is 5.56 Å². The molecule has 1 aliphatic carbocycles. The first-order chi connectivity index (χ1) is 17.3. The molecular weight excluding hydrogens is 489 g/mol. The lowest BCUT2D eigenvalue weighted by molar-refractivity contribution is -0.154. The van der Waals surface area contributed by atoms with Crippen LogP contribution in [0.5, 0.6) is 0 Å². The van der Waals surface area contributed by atoms with Gasteiger partial charge in [0.05, 0.1) is 17.3 Å². The van der Waals surface area contributed by atoms with Gasteiger partial charge in [0.15, 0.2) is 5.41 Å². The fourth-order valence-electron chi connectivity index (χ4n) is 3.80. The molecule has 0 aliphatic heterocycles. The Morgan fingerprint density at radius 2 is 1.89 bits per heavy atom. The van der Waals surface area contributed by atoms with E-state index in [-0.39, 0.29) is 30.0 Å². The molecule has 1 aliphatic rings. The fraction of sp³-hybridized carbons (Fsp3) is 0.154. The van der Waals surface area contributed by atoms with E-state index in [4.69, 9.17) is 16.3 Å². The highest BCUT2D eigenvalue weighted by molar-refractivity contribution is 6.30. The molecule has 0 saturated heterocycles. The molecule has 1 aromatic heterocycles. The number of ether oxygens (including phenoxy) is 1. The third kappa shape index (κ3) is 4.92. The standard InChI is InChI=1S/C26H21ClFN3O5/c1-2-13-36-25(35)26(24(34)29-17-8-6-16(27)7-9-17)15-19(26)23(33)30-21-11-10-18(14-20(21)28)31-12-4-3-5-22(31)32/h2-12,14,19H,1,13,15H2,(H,29,34)(H,30,33)/t19-,26+/m0/s1. The maximum atomic E-state index is 14.8. The molecule has 0 unspecified atom stereocenters. The Labute approximate surface area is 210 Å². The maximum absolute atomic E-state index is 14.8. The summed E-state index contributed by atoms with van der Waals surface area (Å²) in [4.78, 5) is 50.9. The smallest absolute Gasteiger partial charge is 0.322 e. The summed E-state index contributed by atoms with van der Waals surface area (Å²) in [5.74, 6) is -4.20. The highest BCUT2D eigenvalue weighted by atomic mass is 35.5. The SMILES string of the molecule is C=CCOC(=O)[C@]1(C(=O)Nc2ccc(Cl)cc2)C[C@H]1C(=O)Nc1ccc(-n2ccccc2=O)cc1F. The van der Waals surface area contributed by atoms with Gasteiger partial charge in [0.2, 0.25) is 11.8 Å². The van der Waals surface area contributed by atoms with Crippen LogP contribution in [0.15, 0.2) is 84.3 Å². The van der Waals surface area contributed by atoms with Crippen molar-refractivity contribution in [3.63, 3.8) is 0 Å². The van der Waals surface area contributed by atoms with E-state index in [1.807, 2.05) is 0 Å². The molecule has 2 N–H and O–H groups in total. The van der Waals surface area contributed by atoms with Gasteiger partial charge in [-0.25, -0.2) is 4.39 Å². The molecular formula is C26H21ClFN3O5. The number of benzene rings is 2. The van der Waals surface area contributed by atoms with Crippen molar-refractivity contribution in [1.82, 2.24) is 4.57 Å². The van der Waals surface area contributed by atoms with E-state index in [0.717, 1.165) is 6.07 Å². The van der Waals surface area contributed by atoms with E-state index in [1.54, 1.807) is 36.4 Å². The van der Waals surface area contributed by atoms with Crippen LogP contribution in [0.2, 0.25) is 5.02 Å². The number of hydrogen-bond donors (Lipinski definition) is 2. The summed E-state index contributed by atoms with van der Waals surface area (Å²) < 4.78 is 21.1. The Hall–Kier alpha value is -4.24. The van der Waals surface area contributed by atoms with Crippen LogP contribution in [0, 0.1) is 17.2 Å². The summed E-state index contributed by atoms with van der Waals surface area (Å²) in [6.45, 7) is 3.34. The summed E-state index contributed by atoms with van der Waals surface area (Å²) >= 11 is 5.87. The van der Waals surface area contributed by atoms with E-state index >= 15 is 0 Å². The van der Waals surface area contributed by atoms with Crippen LogP contribution in [0.3, 0.4) is 0 Å². The van der Waals surface area contributed by atoms with Crippen molar-refractivity contribution in [1.29, 1.82) is 0 Å². The summed E-state index contributed by atoms with van der Waals surface area (Å²) in [6.07, 6.45) is 2.71. The van der Waals surface area contributed by atoms with Crippen molar-refractivity contribution in [3.8, 4) is 5.69 Å². The zero-order valence-electron chi connectivity index (χ0n) is 18.9. The van der Waals surface area contributed by atoms with Gasteiger partial charge in [-0.3, -0.25) is 23.7 Å². The number of pyridine rings is 1. The van der Waals surface area contributed by atoms with Crippen LogP contribution < -0.4 is 16.2 Å². The zero-order valence-corrected chi connectivity index (χ0v) is 19.6. The summed E-state index contributed by atoms with van der Waals surface area (Å²) in [5.41, 5.74) is -1.64. The van der Waals surface area contributed by atoms with Crippen molar-refractivity contribution >= 4 is 40.8 Å². The highest BCUT2D eigenvalue weighted by Crippen LogP contribution is 2.55. The van der Waals surface area contributed by atoms with Crippen molar-refractivity contribution in [2.75, 3.05) is 17.2 Å². The molecule has 1 heterocycles. The lowest BCUT2D eigenvalue weighted by atomic mass is 10.0. The van der Waals surface area contributed by atoms with Crippen molar-refractivity contribution in [3.05, 3.63) is 101 Å². The monoisotopic (exact) mass is 509 g/mol. The van der Waals surface area contributed by atoms with E-state index < -0.39 is 34.9 Å². The molecule has 0 radical (unpaired) electrons. The number of carbonyl (C=O) groups is 3. The average molecular weight is 510 g/mol. The lowest BCUT2D eigenvalue weighted by Gasteiger charge is -2.16. The zero-order chi connectivity index (χ0) is 25.9. The van der Waals surface area contributed by atoms with Crippen LogP contribution in [-0.2, 0) is 19.1 Å². The van der Waals surface area contributed by atoms with Crippen LogP contribution in [-0.4, -0.2) is 29.0 Å². The maximum Gasteiger partial charge on any atom is 0.322 e. The minimum atomic E-state index is -1.78. The highest BCUT2D eigenvalue weighted by Gasteiger charge is 2.70. The predicted molar refractivity (Wildman–Crippen MR) is 132 cm³/mol. The van der Waals surface area contributed by atoms with Gasteiger partial charge in [-0.1, -0.05) is 30.3 Å². The van der Waals surface area contributed by atoms with Gasteiger partial charge in [0.1, 0.15) is 12.4 Å². The summed E-state index contributed by atoms with van der Waals surface area (Å²) in [5, 5.41) is 5.50. The number of nitrogens with zero attached hydrogens (tertiary/aromatic N) is 1. The van der Waals surface area contributed by atoms with E-state index in [9.17, 15) is 23.6 Å². The molecule has 3 aromatic rings. The second-order valence-electron chi connectivity index (χ2n) is 8.14. The third-order valence-electron chi connectivity index (χ3n) is 5.79. The van der Waals surface area contributed by atoms with Crippen molar-refractivity contribution in [2.45, 2.75) is 6.42 Å². The van der Waals surface area contributed by atoms with Crippen LogP contribution in [0.4, 0.5) is 15.8 Å². The minimum absolute atomic E-state index is 0.118. The molecule has 36 heavy (non-hydrogen) atoms. The molecule has 8 nitrogen and oxygen atoms in total. The number of amides is 2. The molecule has 10 heteroatoms. The second-order valence-corrected chi connectivity index (χ2v) is 8.57. The first-order valence-corrected chi connectivity index (χ1v) is 11.3. The normalized spacial score (nSPS) is 18.1.